The Kier molecular flexibility index (Phi) is 7.94. The summed E-state index contributed by atoms with van der Waals surface area (Å²) >= 11 is 0. The number of carbonyl (C=O) groups is 2. The van der Waals surface area contributed by atoms with Gasteiger partial charge in [0.05, 0.1) is 13.0 Å². The van der Waals surface area contributed by atoms with Gasteiger partial charge in [0.25, 0.3) is 0 Å². The average Bonchev–Trinajstić information content (AvgIpc) is 2.51. The van der Waals surface area contributed by atoms with Gasteiger partial charge in [-0.2, -0.15) is 0 Å². The van der Waals surface area contributed by atoms with E-state index in [2.05, 4.69) is 0 Å². The van der Waals surface area contributed by atoms with E-state index in [4.69, 9.17) is 14.5 Å². The molecule has 0 saturated heterocycles. The number of ether oxygens (including phenoxy) is 1. The first-order chi connectivity index (χ1) is 10.2. The maximum Gasteiger partial charge on any atom is 0.355 e. The lowest BCUT2D eigenvalue weighted by atomic mass is 10.2. The van der Waals surface area contributed by atoms with E-state index in [0.29, 0.717) is 13.0 Å². The molecule has 0 aromatic heterocycles. The summed E-state index contributed by atoms with van der Waals surface area (Å²) in [6.45, 7) is 4.36. The Balaban J connectivity index is 2.58. The summed E-state index contributed by atoms with van der Waals surface area (Å²) in [7, 11) is 0. The predicted octanol–water partition coefficient (Wildman–Crippen LogP) is 3.67. The number of carbonyl (C=O) groups excluding carboxylic acids is 2. The van der Waals surface area contributed by atoms with Gasteiger partial charge in [-0.25, -0.2) is 9.59 Å². The molecule has 0 heterocycles. The topological polar surface area (TPSA) is 61.8 Å². The van der Waals surface area contributed by atoms with Gasteiger partial charge in [0, 0.05) is 0 Å². The summed E-state index contributed by atoms with van der Waals surface area (Å²) in [5.74, 6) is -0.751. The van der Waals surface area contributed by atoms with E-state index < -0.39 is 11.9 Å². The first-order valence-electron chi connectivity index (χ1n) is 7.32. The van der Waals surface area contributed by atoms with Gasteiger partial charge in [-0.3, -0.25) is 9.78 Å². The normalized spacial score (nSPS) is 10.0. The van der Waals surface area contributed by atoms with Gasteiger partial charge in [0.1, 0.15) is 5.56 Å². The third kappa shape index (κ3) is 6.29. The largest absolute Gasteiger partial charge is 0.462 e. The lowest BCUT2D eigenvalue weighted by Gasteiger charge is -2.09. The van der Waals surface area contributed by atoms with Gasteiger partial charge < -0.3 is 4.74 Å². The highest BCUT2D eigenvalue weighted by Crippen LogP contribution is 2.19. The predicted molar refractivity (Wildman–Crippen MR) is 77.9 cm³/mol. The second kappa shape index (κ2) is 9.80. The molecule has 0 aliphatic rings. The molecule has 1 aromatic rings. The Morgan fingerprint density at radius 3 is 2.48 bits per heavy atom. The zero-order valence-electron chi connectivity index (χ0n) is 12.6. The van der Waals surface area contributed by atoms with Crippen molar-refractivity contribution in [3.05, 3.63) is 29.8 Å². The van der Waals surface area contributed by atoms with Crippen LogP contribution in [0.5, 0.6) is 5.75 Å². The molecule has 0 bridgehead atoms. The summed E-state index contributed by atoms with van der Waals surface area (Å²) in [5.41, 5.74) is 0.247. The molecule has 116 valence electrons. The minimum absolute atomic E-state index is 0.184. The fourth-order valence-electron chi connectivity index (χ4n) is 1.55. The van der Waals surface area contributed by atoms with Crippen molar-refractivity contribution in [2.45, 2.75) is 46.0 Å². The zero-order valence-corrected chi connectivity index (χ0v) is 12.6. The van der Waals surface area contributed by atoms with E-state index >= 15 is 0 Å². The fraction of sp³-hybridized carbons (Fsp3) is 0.500. The van der Waals surface area contributed by atoms with Gasteiger partial charge in [-0.05, 0) is 25.0 Å². The van der Waals surface area contributed by atoms with E-state index in [1.807, 2.05) is 13.8 Å². The van der Waals surface area contributed by atoms with Crippen LogP contribution in [0.25, 0.3) is 0 Å². The lowest BCUT2D eigenvalue weighted by molar-refractivity contribution is -0.214. The third-order valence-corrected chi connectivity index (χ3v) is 2.80. The SMILES string of the molecule is CCCCOC(=O)c1ccccc1OOC(=O)CCCC. The van der Waals surface area contributed by atoms with Crippen LogP contribution in [-0.2, 0) is 14.4 Å². The van der Waals surface area contributed by atoms with Gasteiger partial charge >= 0.3 is 11.9 Å². The molecule has 1 rings (SSSR count). The van der Waals surface area contributed by atoms with Crippen LogP contribution in [0.4, 0.5) is 0 Å². The van der Waals surface area contributed by atoms with E-state index in [9.17, 15) is 9.59 Å². The molecule has 0 saturated carbocycles. The van der Waals surface area contributed by atoms with Crippen molar-refractivity contribution in [3.8, 4) is 5.75 Å². The molecular weight excluding hydrogens is 272 g/mol. The first-order valence-corrected chi connectivity index (χ1v) is 7.32. The van der Waals surface area contributed by atoms with Gasteiger partial charge in [0.2, 0.25) is 0 Å². The number of benzene rings is 1. The van der Waals surface area contributed by atoms with Crippen molar-refractivity contribution in [2.24, 2.45) is 0 Å². The summed E-state index contributed by atoms with van der Waals surface area (Å²) in [6, 6.07) is 6.52. The van der Waals surface area contributed by atoms with Crippen LogP contribution in [-0.4, -0.2) is 18.5 Å². The summed E-state index contributed by atoms with van der Waals surface area (Å²) in [4.78, 5) is 33.0. The Bertz CT molecular complexity index is 456. The summed E-state index contributed by atoms with van der Waals surface area (Å²) < 4.78 is 5.12. The van der Waals surface area contributed by atoms with Crippen LogP contribution < -0.4 is 4.89 Å². The maximum atomic E-state index is 11.9. The van der Waals surface area contributed by atoms with E-state index in [-0.39, 0.29) is 11.3 Å². The Labute approximate surface area is 125 Å². The van der Waals surface area contributed by atoms with E-state index in [0.717, 1.165) is 25.7 Å². The second-order valence-electron chi connectivity index (χ2n) is 4.63. The van der Waals surface area contributed by atoms with Crippen molar-refractivity contribution in [3.63, 3.8) is 0 Å². The molecule has 1 aromatic carbocycles. The average molecular weight is 294 g/mol. The Morgan fingerprint density at radius 2 is 1.76 bits per heavy atom. The number of unbranched alkanes of at least 4 members (excludes halogenated alkanes) is 2. The zero-order chi connectivity index (χ0) is 15.5. The van der Waals surface area contributed by atoms with Crippen LogP contribution >= 0.6 is 0 Å². The molecular formula is C16H22O5. The van der Waals surface area contributed by atoms with Crippen molar-refractivity contribution in [1.82, 2.24) is 0 Å². The molecule has 0 atom stereocenters. The highest BCUT2D eigenvalue weighted by molar-refractivity contribution is 5.92. The van der Waals surface area contributed by atoms with Crippen LogP contribution in [0.15, 0.2) is 24.3 Å². The highest BCUT2D eigenvalue weighted by atomic mass is 17.2. The molecule has 0 amide bonds. The van der Waals surface area contributed by atoms with E-state index in [1.54, 1.807) is 24.3 Å². The highest BCUT2D eigenvalue weighted by Gasteiger charge is 2.15. The molecule has 5 heteroatoms. The molecule has 0 unspecified atom stereocenters. The Hall–Kier alpha value is -2.04. The number of hydrogen-bond donors (Lipinski definition) is 0. The Morgan fingerprint density at radius 1 is 1.05 bits per heavy atom. The number of rotatable bonds is 9. The van der Waals surface area contributed by atoms with Gasteiger partial charge in [-0.1, -0.05) is 38.8 Å². The van der Waals surface area contributed by atoms with Crippen molar-refractivity contribution in [2.75, 3.05) is 6.61 Å². The standard InChI is InChI=1S/C16H22O5/c1-3-5-11-15(17)21-20-14-10-8-7-9-13(14)16(18)19-12-6-4-2/h7-10H,3-6,11-12H2,1-2H3. The van der Waals surface area contributed by atoms with E-state index in [1.165, 1.54) is 0 Å². The minimum Gasteiger partial charge on any atom is -0.462 e. The molecule has 0 N–H and O–H groups in total. The number of esters is 1. The molecule has 0 radical (unpaired) electrons. The van der Waals surface area contributed by atoms with Crippen LogP contribution in [0, 0.1) is 0 Å². The molecule has 0 fully saturated rings. The quantitative estimate of drug-likeness (QED) is 0.301. The molecule has 0 aliphatic carbocycles. The number of hydrogen-bond acceptors (Lipinski definition) is 5. The monoisotopic (exact) mass is 294 g/mol. The van der Waals surface area contributed by atoms with Gasteiger partial charge in [-0.15, -0.1) is 0 Å². The maximum absolute atomic E-state index is 11.9. The molecule has 5 nitrogen and oxygen atoms in total. The third-order valence-electron chi connectivity index (χ3n) is 2.80. The van der Waals surface area contributed by atoms with Crippen LogP contribution in [0.3, 0.4) is 0 Å². The minimum atomic E-state index is -0.483. The summed E-state index contributed by atoms with van der Waals surface area (Å²) in [5, 5.41) is 0. The summed E-state index contributed by atoms with van der Waals surface area (Å²) in [6.07, 6.45) is 3.68. The molecule has 0 spiro atoms. The fourth-order valence-corrected chi connectivity index (χ4v) is 1.55. The van der Waals surface area contributed by atoms with Crippen LogP contribution in [0.1, 0.15) is 56.3 Å². The molecule has 21 heavy (non-hydrogen) atoms. The number of para-hydroxylation sites is 1. The van der Waals surface area contributed by atoms with Crippen molar-refractivity contribution < 1.29 is 24.1 Å². The van der Waals surface area contributed by atoms with Crippen molar-refractivity contribution in [1.29, 1.82) is 0 Å². The second-order valence-corrected chi connectivity index (χ2v) is 4.63. The van der Waals surface area contributed by atoms with Crippen molar-refractivity contribution >= 4 is 11.9 Å². The van der Waals surface area contributed by atoms with Crippen LogP contribution in [0.2, 0.25) is 0 Å². The van der Waals surface area contributed by atoms with Gasteiger partial charge in [0.15, 0.2) is 5.75 Å². The lowest BCUT2D eigenvalue weighted by Crippen LogP contribution is -2.12. The smallest absolute Gasteiger partial charge is 0.355 e. The molecule has 0 aliphatic heterocycles. The first kappa shape index (κ1) is 17.0.